The molecule has 1 aliphatic rings. The zero-order valence-corrected chi connectivity index (χ0v) is 11.6. The smallest absolute Gasteiger partial charge is 0.0696 e. The van der Waals surface area contributed by atoms with Crippen LogP contribution in [0.15, 0.2) is 24.3 Å². The summed E-state index contributed by atoms with van der Waals surface area (Å²) in [4.78, 5) is 0. The molecule has 0 unspecified atom stereocenters. The highest BCUT2D eigenvalue weighted by Crippen LogP contribution is 2.16. The number of hydrogen-bond donors (Lipinski definition) is 1. The van der Waals surface area contributed by atoms with E-state index in [1.54, 1.807) is 7.11 Å². The first-order chi connectivity index (χ1) is 7.78. The highest BCUT2D eigenvalue weighted by Gasteiger charge is 2.19. The van der Waals surface area contributed by atoms with Gasteiger partial charge in [0, 0.05) is 24.7 Å². The molecule has 0 spiro atoms. The van der Waals surface area contributed by atoms with Gasteiger partial charge in [-0.15, -0.1) is 12.4 Å². The lowest BCUT2D eigenvalue weighted by Gasteiger charge is -2.29. The van der Waals surface area contributed by atoms with Gasteiger partial charge >= 0.3 is 0 Å². The molecular formula is C13H19Cl2NO. The lowest BCUT2D eigenvalue weighted by molar-refractivity contribution is 0.0705. The second-order valence-electron chi connectivity index (χ2n) is 4.37. The zero-order valence-electron chi connectivity index (χ0n) is 9.99. The summed E-state index contributed by atoms with van der Waals surface area (Å²) in [7, 11) is 1.78. The van der Waals surface area contributed by atoms with Gasteiger partial charge in [0.1, 0.15) is 0 Å². The van der Waals surface area contributed by atoms with Crippen LogP contribution in [0.5, 0.6) is 0 Å². The normalized spacial score (nSPS) is 24.1. The van der Waals surface area contributed by atoms with E-state index in [2.05, 4.69) is 17.4 Å². The second kappa shape index (κ2) is 7.22. The monoisotopic (exact) mass is 275 g/mol. The number of ether oxygens (including phenoxy) is 1. The molecule has 1 aliphatic heterocycles. The fraction of sp³-hybridized carbons (Fsp3) is 0.538. The van der Waals surface area contributed by atoms with Crippen LogP contribution in [0.25, 0.3) is 0 Å². The number of piperidine rings is 1. The Morgan fingerprint density at radius 3 is 2.53 bits per heavy atom. The van der Waals surface area contributed by atoms with E-state index in [1.807, 2.05) is 12.1 Å². The van der Waals surface area contributed by atoms with Crippen LogP contribution in [-0.4, -0.2) is 25.8 Å². The Hall–Kier alpha value is -0.280. The summed E-state index contributed by atoms with van der Waals surface area (Å²) >= 11 is 5.86. The van der Waals surface area contributed by atoms with Crippen molar-refractivity contribution in [3.63, 3.8) is 0 Å². The molecule has 17 heavy (non-hydrogen) atoms. The van der Waals surface area contributed by atoms with Gasteiger partial charge in [0.25, 0.3) is 0 Å². The minimum Gasteiger partial charge on any atom is -0.380 e. The van der Waals surface area contributed by atoms with E-state index in [4.69, 9.17) is 16.3 Å². The summed E-state index contributed by atoms with van der Waals surface area (Å²) in [6.07, 6.45) is 3.80. The Labute approximate surface area is 114 Å². The molecule has 2 rings (SSSR count). The molecular weight excluding hydrogens is 257 g/mol. The van der Waals surface area contributed by atoms with E-state index in [0.717, 1.165) is 24.4 Å². The van der Waals surface area contributed by atoms with Crippen molar-refractivity contribution in [1.82, 2.24) is 5.32 Å². The molecule has 1 fully saturated rings. The highest BCUT2D eigenvalue weighted by molar-refractivity contribution is 6.30. The Morgan fingerprint density at radius 2 is 2.00 bits per heavy atom. The minimum atomic E-state index is 0. The van der Waals surface area contributed by atoms with Crippen molar-refractivity contribution in [2.45, 2.75) is 31.4 Å². The van der Waals surface area contributed by atoms with Crippen molar-refractivity contribution < 1.29 is 4.74 Å². The number of hydrogen-bond acceptors (Lipinski definition) is 2. The summed E-state index contributed by atoms with van der Waals surface area (Å²) in [5.41, 5.74) is 1.35. The van der Waals surface area contributed by atoms with Gasteiger partial charge < -0.3 is 10.1 Å². The number of halogens is 2. The van der Waals surface area contributed by atoms with E-state index in [-0.39, 0.29) is 12.4 Å². The molecule has 1 aromatic carbocycles. The molecule has 1 aromatic rings. The van der Waals surface area contributed by atoms with E-state index < -0.39 is 0 Å². The van der Waals surface area contributed by atoms with Crippen LogP contribution in [0.3, 0.4) is 0 Å². The quantitative estimate of drug-likeness (QED) is 0.916. The van der Waals surface area contributed by atoms with Gasteiger partial charge in [-0.3, -0.25) is 0 Å². The molecule has 0 aliphatic carbocycles. The predicted octanol–water partition coefficient (Wildman–Crippen LogP) is 3.07. The molecule has 2 nitrogen and oxygen atoms in total. The average molecular weight is 276 g/mol. The maximum absolute atomic E-state index is 5.86. The van der Waals surface area contributed by atoms with E-state index in [1.165, 1.54) is 12.0 Å². The Bertz CT molecular complexity index is 321. The van der Waals surface area contributed by atoms with Gasteiger partial charge in [-0.2, -0.15) is 0 Å². The summed E-state index contributed by atoms with van der Waals surface area (Å²) in [5.74, 6) is 0. The topological polar surface area (TPSA) is 21.3 Å². The summed E-state index contributed by atoms with van der Waals surface area (Å²) in [5, 5.41) is 4.33. The fourth-order valence-electron chi connectivity index (χ4n) is 2.17. The van der Waals surface area contributed by atoms with E-state index in [9.17, 15) is 0 Å². The molecule has 2 atom stereocenters. The van der Waals surface area contributed by atoms with Crippen molar-refractivity contribution in [3.05, 3.63) is 34.9 Å². The molecule has 0 saturated carbocycles. The Kier molecular flexibility index (Phi) is 6.28. The number of methoxy groups -OCH3 is 1. The van der Waals surface area contributed by atoms with Gasteiger partial charge in [-0.25, -0.2) is 0 Å². The van der Waals surface area contributed by atoms with Crippen LogP contribution in [0.2, 0.25) is 5.02 Å². The first kappa shape index (κ1) is 14.8. The van der Waals surface area contributed by atoms with Crippen LogP contribution in [0, 0.1) is 0 Å². The van der Waals surface area contributed by atoms with Crippen molar-refractivity contribution in [3.8, 4) is 0 Å². The molecule has 1 saturated heterocycles. The van der Waals surface area contributed by atoms with E-state index >= 15 is 0 Å². The van der Waals surface area contributed by atoms with E-state index in [0.29, 0.717) is 12.1 Å². The van der Waals surface area contributed by atoms with Crippen LogP contribution in [0.4, 0.5) is 0 Å². The van der Waals surface area contributed by atoms with Crippen molar-refractivity contribution in [2.24, 2.45) is 0 Å². The standard InChI is InChI=1S/C13H18ClNO.ClH/c1-16-13-7-6-12(15-9-13)8-10-2-4-11(14)5-3-10;/h2-5,12-13,15H,6-9H2,1H3;1H/t12-,13-;/m1./s1. The summed E-state index contributed by atoms with van der Waals surface area (Å²) in [6, 6.07) is 8.70. The van der Waals surface area contributed by atoms with Crippen molar-refractivity contribution >= 4 is 24.0 Å². The van der Waals surface area contributed by atoms with Crippen molar-refractivity contribution in [2.75, 3.05) is 13.7 Å². The van der Waals surface area contributed by atoms with Gasteiger partial charge in [0.05, 0.1) is 6.10 Å². The predicted molar refractivity (Wildman–Crippen MR) is 74.2 cm³/mol. The summed E-state index contributed by atoms with van der Waals surface area (Å²) < 4.78 is 5.33. The third kappa shape index (κ3) is 4.47. The van der Waals surface area contributed by atoms with Crippen LogP contribution < -0.4 is 5.32 Å². The third-order valence-corrected chi connectivity index (χ3v) is 3.45. The zero-order chi connectivity index (χ0) is 11.4. The largest absolute Gasteiger partial charge is 0.380 e. The maximum Gasteiger partial charge on any atom is 0.0696 e. The molecule has 1 heterocycles. The molecule has 96 valence electrons. The highest BCUT2D eigenvalue weighted by atomic mass is 35.5. The lowest BCUT2D eigenvalue weighted by Crippen LogP contribution is -2.43. The molecule has 0 amide bonds. The Morgan fingerprint density at radius 1 is 1.29 bits per heavy atom. The molecule has 0 radical (unpaired) electrons. The molecule has 4 heteroatoms. The number of rotatable bonds is 3. The maximum atomic E-state index is 5.86. The van der Waals surface area contributed by atoms with Gasteiger partial charge in [-0.05, 0) is 37.0 Å². The third-order valence-electron chi connectivity index (χ3n) is 3.20. The van der Waals surface area contributed by atoms with Gasteiger partial charge in [0.2, 0.25) is 0 Å². The Balaban J connectivity index is 0.00000144. The summed E-state index contributed by atoms with van der Waals surface area (Å²) in [6.45, 7) is 0.967. The molecule has 1 N–H and O–H groups in total. The second-order valence-corrected chi connectivity index (χ2v) is 4.81. The average Bonchev–Trinajstić information content (AvgIpc) is 2.33. The van der Waals surface area contributed by atoms with Crippen LogP contribution >= 0.6 is 24.0 Å². The molecule has 0 aromatic heterocycles. The minimum absolute atomic E-state index is 0. The SMILES string of the molecule is CO[C@@H]1CC[C@H](Cc2ccc(Cl)cc2)NC1.Cl. The fourth-order valence-corrected chi connectivity index (χ4v) is 2.30. The number of nitrogens with one attached hydrogen (secondary N) is 1. The van der Waals surface area contributed by atoms with Crippen LogP contribution in [0.1, 0.15) is 18.4 Å². The van der Waals surface area contributed by atoms with Gasteiger partial charge in [0.15, 0.2) is 0 Å². The van der Waals surface area contributed by atoms with Crippen molar-refractivity contribution in [1.29, 1.82) is 0 Å². The number of benzene rings is 1. The van der Waals surface area contributed by atoms with Gasteiger partial charge in [-0.1, -0.05) is 23.7 Å². The molecule has 0 bridgehead atoms. The first-order valence-corrected chi connectivity index (χ1v) is 6.16. The van der Waals surface area contributed by atoms with Crippen LogP contribution in [-0.2, 0) is 11.2 Å². The lowest BCUT2D eigenvalue weighted by atomic mass is 9.96. The first-order valence-electron chi connectivity index (χ1n) is 5.78.